The maximum atomic E-state index is 6.31. The molecule has 0 fully saturated rings. The van der Waals surface area contributed by atoms with Gasteiger partial charge in [-0.2, -0.15) is 0 Å². The maximum absolute atomic E-state index is 6.31. The number of para-hydroxylation sites is 6. The zero-order chi connectivity index (χ0) is 93.8. The van der Waals surface area contributed by atoms with Crippen molar-refractivity contribution in [2.24, 2.45) is 0 Å². The molecule has 6 heterocycles. The van der Waals surface area contributed by atoms with Crippen LogP contribution >= 0.6 is 0 Å². The third-order valence-electron chi connectivity index (χ3n) is 31.1. The Morgan fingerprint density at radius 2 is 0.411 bits per heavy atom. The first kappa shape index (κ1) is 81.7. The summed E-state index contributed by atoms with van der Waals surface area (Å²) in [7, 11) is 0. The molecule has 3 aliphatic carbocycles. The molecule has 21 aromatic carbocycles. The standard InChI is InChI=1S/3C45H31NO/c1-45(2)38-21-17-30(25-35(38)33-20-24-42-43(44(33)45)34-15-9-10-16-41(34)47-42)31-19-23-40-37(27-31)36-26-29(28-11-5-3-6-12-28)18-22-39(36)46(40)32-13-7-4-8-14-32;1-45(2)38-27-31(17-20-33(38)34-21-24-42-43(44(34)45)35-15-9-10-16-41(35)47-42)30-19-23-40-37(26-30)36-25-29(28-11-5-3-6-12-28)18-22-39(36)46(40)32-13-7-4-8-14-32;1-45(2)38-26-30(17-20-33(38)35-22-24-42-43(44(35)45)36-15-9-10-16-41(36)47-42)31-18-21-34-37-25-29(28-11-5-3-6-12-28)19-23-39(37)46(40(34)27-31)32-13-7-4-8-14-32/h3*3-27H,1-2H3. The molecule has 6 aromatic heterocycles. The lowest BCUT2D eigenvalue weighted by atomic mass is 9.80. The third-order valence-corrected chi connectivity index (χ3v) is 31.1. The Bertz CT molecular complexity index is 9860. The molecule has 0 spiro atoms. The van der Waals surface area contributed by atoms with Gasteiger partial charge in [0.25, 0.3) is 0 Å². The second-order valence-corrected chi connectivity index (χ2v) is 40.0. The average Bonchev–Trinajstić information content (AvgIpc) is 1.55. The van der Waals surface area contributed by atoms with Crippen LogP contribution in [0.2, 0.25) is 0 Å². The monoisotopic (exact) mass is 1800 g/mol. The van der Waals surface area contributed by atoms with Gasteiger partial charge in [0.15, 0.2) is 0 Å². The highest BCUT2D eigenvalue weighted by atomic mass is 16.3. The Balaban J connectivity index is 0.000000104. The van der Waals surface area contributed by atoms with Crippen molar-refractivity contribution in [2.75, 3.05) is 0 Å². The highest BCUT2D eigenvalue weighted by Crippen LogP contribution is 2.59. The number of furan rings is 3. The second kappa shape index (κ2) is 31.2. The summed E-state index contributed by atoms with van der Waals surface area (Å²) in [5, 5.41) is 14.8. The molecule has 0 saturated heterocycles. The van der Waals surface area contributed by atoms with Crippen molar-refractivity contribution in [3.63, 3.8) is 0 Å². The first-order valence-electron chi connectivity index (χ1n) is 49.1. The van der Waals surface area contributed by atoms with Crippen molar-refractivity contribution in [1.29, 1.82) is 0 Å². The molecular formula is C135H93N3O3. The summed E-state index contributed by atoms with van der Waals surface area (Å²) in [6.45, 7) is 14.2. The maximum Gasteiger partial charge on any atom is 0.135 e. The van der Waals surface area contributed by atoms with E-state index in [-0.39, 0.29) is 16.2 Å². The molecule has 27 aromatic rings. The molecule has 0 bridgehead atoms. The molecule has 3 aliphatic rings. The summed E-state index contributed by atoms with van der Waals surface area (Å²) in [4.78, 5) is 0. The summed E-state index contributed by atoms with van der Waals surface area (Å²) >= 11 is 0. The average molecular weight is 1810 g/mol. The molecule has 0 N–H and O–H groups in total. The van der Waals surface area contributed by atoms with E-state index in [1.165, 1.54) is 248 Å². The number of benzene rings is 21. The summed E-state index contributed by atoms with van der Waals surface area (Å²) in [5.41, 5.74) is 46.8. The van der Waals surface area contributed by atoms with Crippen LogP contribution in [0.15, 0.2) is 468 Å². The van der Waals surface area contributed by atoms with Crippen molar-refractivity contribution < 1.29 is 13.3 Å². The number of hydrogen-bond donors (Lipinski definition) is 0. The molecule has 666 valence electrons. The lowest BCUT2D eigenvalue weighted by molar-refractivity contribution is 0.657. The van der Waals surface area contributed by atoms with E-state index < -0.39 is 0 Å². The van der Waals surface area contributed by atoms with Gasteiger partial charge in [-0.1, -0.05) is 339 Å². The van der Waals surface area contributed by atoms with Gasteiger partial charge in [-0.3, -0.25) is 0 Å². The van der Waals surface area contributed by atoms with Crippen LogP contribution in [0.4, 0.5) is 0 Å². The van der Waals surface area contributed by atoms with E-state index in [9.17, 15) is 0 Å². The summed E-state index contributed by atoms with van der Waals surface area (Å²) in [6.07, 6.45) is 0. The van der Waals surface area contributed by atoms with Crippen LogP contribution in [-0.2, 0) is 16.2 Å². The Morgan fingerprint density at radius 1 is 0.156 bits per heavy atom. The molecular weight excluding hydrogens is 1710 g/mol. The molecule has 0 atom stereocenters. The van der Waals surface area contributed by atoms with Gasteiger partial charge in [-0.15, -0.1) is 0 Å². The number of hydrogen-bond acceptors (Lipinski definition) is 3. The molecule has 0 unspecified atom stereocenters. The van der Waals surface area contributed by atoms with Gasteiger partial charge in [0.1, 0.15) is 33.5 Å². The van der Waals surface area contributed by atoms with Gasteiger partial charge in [-0.25, -0.2) is 0 Å². The van der Waals surface area contributed by atoms with Gasteiger partial charge < -0.3 is 27.0 Å². The summed E-state index contributed by atoms with van der Waals surface area (Å²) < 4.78 is 26.1. The van der Waals surface area contributed by atoms with Crippen LogP contribution in [0.25, 0.3) is 248 Å². The zero-order valence-corrected chi connectivity index (χ0v) is 78.9. The highest BCUT2D eigenvalue weighted by molar-refractivity contribution is 6.18. The lowest BCUT2D eigenvalue weighted by Crippen LogP contribution is -2.15. The second-order valence-electron chi connectivity index (χ2n) is 40.0. The van der Waals surface area contributed by atoms with Crippen molar-refractivity contribution >= 4 is 131 Å². The van der Waals surface area contributed by atoms with Crippen LogP contribution in [0.5, 0.6) is 0 Å². The quantitative estimate of drug-likeness (QED) is 0.145. The molecule has 6 heteroatoms. The minimum absolute atomic E-state index is 0.143. The van der Waals surface area contributed by atoms with E-state index in [2.05, 4.69) is 492 Å². The van der Waals surface area contributed by atoms with Gasteiger partial charge >= 0.3 is 0 Å². The fourth-order valence-electron chi connectivity index (χ4n) is 24.5. The van der Waals surface area contributed by atoms with Crippen LogP contribution in [-0.4, -0.2) is 13.7 Å². The van der Waals surface area contributed by atoms with Crippen LogP contribution < -0.4 is 0 Å². The zero-order valence-electron chi connectivity index (χ0n) is 78.9. The van der Waals surface area contributed by atoms with Crippen molar-refractivity contribution in [1.82, 2.24) is 13.7 Å². The number of rotatable bonds is 9. The van der Waals surface area contributed by atoms with E-state index in [4.69, 9.17) is 13.3 Å². The van der Waals surface area contributed by atoms with Crippen molar-refractivity contribution in [3.8, 4) is 117 Å². The predicted molar refractivity (Wildman–Crippen MR) is 589 cm³/mol. The van der Waals surface area contributed by atoms with Crippen molar-refractivity contribution in [3.05, 3.63) is 488 Å². The van der Waals surface area contributed by atoms with Crippen LogP contribution in [0, 0.1) is 0 Å². The Hall–Kier alpha value is -17.6. The lowest BCUT2D eigenvalue weighted by Gasteiger charge is -2.23. The molecule has 141 heavy (non-hydrogen) atoms. The minimum Gasteiger partial charge on any atom is -0.456 e. The third kappa shape index (κ3) is 12.6. The normalized spacial score (nSPS) is 13.5. The van der Waals surface area contributed by atoms with E-state index in [0.29, 0.717) is 0 Å². The first-order chi connectivity index (χ1) is 69.2. The number of aromatic nitrogens is 3. The number of fused-ring (bicyclic) bond motifs is 30. The van der Waals surface area contributed by atoms with Gasteiger partial charge in [0.2, 0.25) is 0 Å². The summed E-state index contributed by atoms with van der Waals surface area (Å²) in [5.74, 6) is 0. The van der Waals surface area contributed by atoms with E-state index in [1.807, 2.05) is 18.2 Å². The van der Waals surface area contributed by atoms with Gasteiger partial charge in [0.05, 0.1) is 33.1 Å². The minimum atomic E-state index is -0.177. The molecule has 6 nitrogen and oxygen atoms in total. The Labute approximate surface area is 815 Å². The van der Waals surface area contributed by atoms with Crippen LogP contribution in [0.3, 0.4) is 0 Å². The Kier molecular flexibility index (Phi) is 18.1. The number of nitrogens with zero attached hydrogens (tertiary/aromatic N) is 3. The largest absolute Gasteiger partial charge is 0.456 e. The van der Waals surface area contributed by atoms with Gasteiger partial charge in [-0.05, 0) is 291 Å². The Morgan fingerprint density at radius 3 is 0.773 bits per heavy atom. The molecule has 0 amide bonds. The predicted octanol–water partition coefficient (Wildman–Crippen LogP) is 37.0. The fraction of sp³-hybridized carbons (Fsp3) is 0.0667. The fourth-order valence-corrected chi connectivity index (χ4v) is 24.5. The topological polar surface area (TPSA) is 54.2 Å². The molecule has 0 radical (unpaired) electrons. The first-order valence-corrected chi connectivity index (χ1v) is 49.1. The van der Waals surface area contributed by atoms with Crippen molar-refractivity contribution in [2.45, 2.75) is 57.8 Å². The molecule has 0 saturated carbocycles. The molecule has 30 rings (SSSR count). The van der Waals surface area contributed by atoms with Crippen LogP contribution in [0.1, 0.15) is 74.9 Å². The van der Waals surface area contributed by atoms with E-state index in [0.717, 1.165) is 33.5 Å². The van der Waals surface area contributed by atoms with E-state index >= 15 is 0 Å². The van der Waals surface area contributed by atoms with E-state index in [1.54, 1.807) is 0 Å². The smallest absolute Gasteiger partial charge is 0.135 e. The summed E-state index contributed by atoms with van der Waals surface area (Å²) in [6, 6.07) is 165. The molecule has 0 aliphatic heterocycles. The SMILES string of the molecule is CC1(C)c2cc(-c3ccc4c(c3)c3cc(-c5ccccc5)ccc3n4-c3ccccc3)ccc2-c2ccc3oc4ccccc4c3c21.CC1(C)c2cc(-c3ccc4c5cc(-c6ccccc6)ccc5n(-c5ccccc5)c4c3)ccc2-c2ccc3oc4ccccc4c3c21.CC1(C)c2ccc(-c3ccc4c(c3)c3cc(-c5ccccc5)ccc3n4-c3ccccc3)cc2-c2ccc3oc4ccccc4c3c21. The van der Waals surface area contributed by atoms with Gasteiger partial charge in [0, 0.05) is 97.9 Å². The highest BCUT2D eigenvalue weighted by Gasteiger charge is 2.42.